The van der Waals surface area contributed by atoms with Crippen LogP contribution in [0.3, 0.4) is 0 Å². The van der Waals surface area contributed by atoms with E-state index >= 15 is 0 Å². The Morgan fingerprint density at radius 3 is 2.62 bits per heavy atom. The minimum absolute atomic E-state index is 0.657. The Bertz CT molecular complexity index is 274. The third kappa shape index (κ3) is 2.62. The van der Waals surface area contributed by atoms with Gasteiger partial charge in [0.1, 0.15) is 0 Å². The summed E-state index contributed by atoms with van der Waals surface area (Å²) < 4.78 is 10.6. The summed E-state index contributed by atoms with van der Waals surface area (Å²) in [4.78, 5) is 0. The molecule has 0 bridgehead atoms. The predicted molar refractivity (Wildman–Crippen MR) is 56.8 cm³/mol. The molecule has 0 aliphatic carbocycles. The quantitative estimate of drug-likeness (QED) is 0.759. The van der Waals surface area contributed by atoms with Gasteiger partial charge < -0.3 is 9.47 Å². The maximum absolute atomic E-state index is 5.39. The number of rotatable bonds is 4. The van der Waals surface area contributed by atoms with Crippen LogP contribution in [0.1, 0.15) is 12.5 Å². The number of hydrogen-bond acceptors (Lipinski definition) is 2. The second-order valence-electron chi connectivity index (χ2n) is 2.55. The third-order valence-corrected chi connectivity index (χ3v) is 2.33. The molecule has 1 aromatic rings. The molecule has 72 valence electrons. The van der Waals surface area contributed by atoms with Gasteiger partial charge in [0.2, 0.25) is 0 Å². The van der Waals surface area contributed by atoms with Crippen molar-refractivity contribution in [3.8, 4) is 11.5 Å². The first-order valence-corrected chi connectivity index (χ1v) is 5.29. The van der Waals surface area contributed by atoms with Crippen molar-refractivity contribution in [2.45, 2.75) is 12.3 Å². The van der Waals surface area contributed by atoms with Crippen LogP contribution in [-0.2, 0) is 5.33 Å². The smallest absolute Gasteiger partial charge is 0.161 e. The summed E-state index contributed by atoms with van der Waals surface area (Å²) in [6.45, 7) is 2.61. The van der Waals surface area contributed by atoms with Crippen molar-refractivity contribution < 1.29 is 9.47 Å². The van der Waals surface area contributed by atoms with E-state index < -0.39 is 0 Å². The van der Waals surface area contributed by atoms with Crippen LogP contribution in [0, 0.1) is 0 Å². The van der Waals surface area contributed by atoms with Gasteiger partial charge in [-0.05, 0) is 24.6 Å². The van der Waals surface area contributed by atoms with Crippen LogP contribution < -0.4 is 9.47 Å². The Morgan fingerprint density at radius 1 is 1.31 bits per heavy atom. The molecule has 0 N–H and O–H groups in total. The highest BCUT2D eigenvalue weighted by atomic mass is 79.9. The van der Waals surface area contributed by atoms with Crippen LogP contribution in [0.25, 0.3) is 0 Å². The first-order valence-electron chi connectivity index (χ1n) is 4.17. The van der Waals surface area contributed by atoms with Gasteiger partial charge in [-0.1, -0.05) is 22.0 Å². The molecule has 0 spiro atoms. The van der Waals surface area contributed by atoms with Gasteiger partial charge >= 0.3 is 0 Å². The second-order valence-corrected chi connectivity index (χ2v) is 3.11. The van der Waals surface area contributed by atoms with E-state index in [1.165, 1.54) is 5.56 Å². The van der Waals surface area contributed by atoms with E-state index in [1.807, 2.05) is 25.1 Å². The SMILES string of the molecule is CCOc1ccc(CBr)cc1OC. The lowest BCUT2D eigenvalue weighted by molar-refractivity contribution is 0.311. The van der Waals surface area contributed by atoms with E-state index in [1.54, 1.807) is 7.11 Å². The van der Waals surface area contributed by atoms with Gasteiger partial charge in [0.15, 0.2) is 11.5 Å². The molecule has 0 radical (unpaired) electrons. The van der Waals surface area contributed by atoms with E-state index in [-0.39, 0.29) is 0 Å². The van der Waals surface area contributed by atoms with Crippen LogP contribution in [0.2, 0.25) is 0 Å². The lowest BCUT2D eigenvalue weighted by Gasteiger charge is -2.09. The van der Waals surface area contributed by atoms with Crippen molar-refractivity contribution in [3.63, 3.8) is 0 Å². The molecule has 0 aromatic heterocycles. The van der Waals surface area contributed by atoms with E-state index in [4.69, 9.17) is 9.47 Å². The lowest BCUT2D eigenvalue weighted by Crippen LogP contribution is -1.95. The lowest BCUT2D eigenvalue weighted by atomic mass is 10.2. The summed E-state index contributed by atoms with van der Waals surface area (Å²) in [5, 5.41) is 0.829. The van der Waals surface area contributed by atoms with E-state index in [0.717, 1.165) is 16.8 Å². The fourth-order valence-corrected chi connectivity index (χ4v) is 1.42. The number of alkyl halides is 1. The maximum atomic E-state index is 5.39. The molecule has 0 aliphatic rings. The molecule has 1 aromatic carbocycles. The standard InChI is InChI=1S/C10H13BrO2/c1-3-13-9-5-4-8(7-11)6-10(9)12-2/h4-6H,3,7H2,1-2H3. The van der Waals surface area contributed by atoms with Gasteiger partial charge in [-0.2, -0.15) is 0 Å². The Hall–Kier alpha value is -0.700. The van der Waals surface area contributed by atoms with Crippen molar-refractivity contribution in [3.05, 3.63) is 23.8 Å². The van der Waals surface area contributed by atoms with Crippen LogP contribution >= 0.6 is 15.9 Å². The molecule has 0 heterocycles. The number of hydrogen-bond donors (Lipinski definition) is 0. The molecule has 1 rings (SSSR count). The first-order chi connectivity index (χ1) is 6.31. The first kappa shape index (κ1) is 10.4. The highest BCUT2D eigenvalue weighted by molar-refractivity contribution is 9.08. The minimum atomic E-state index is 0.657. The highest BCUT2D eigenvalue weighted by Crippen LogP contribution is 2.28. The zero-order valence-corrected chi connectivity index (χ0v) is 9.43. The van der Waals surface area contributed by atoms with Crippen molar-refractivity contribution in [2.75, 3.05) is 13.7 Å². The summed E-state index contributed by atoms with van der Waals surface area (Å²) in [7, 11) is 1.65. The molecule has 0 aliphatic heterocycles. The number of benzene rings is 1. The molecule has 3 heteroatoms. The summed E-state index contributed by atoms with van der Waals surface area (Å²) in [5.74, 6) is 1.59. The summed E-state index contributed by atoms with van der Waals surface area (Å²) >= 11 is 3.39. The second kappa shape index (κ2) is 5.12. The van der Waals surface area contributed by atoms with E-state index in [9.17, 15) is 0 Å². The number of methoxy groups -OCH3 is 1. The molecular formula is C10H13BrO2. The average molecular weight is 245 g/mol. The van der Waals surface area contributed by atoms with E-state index in [2.05, 4.69) is 15.9 Å². The Morgan fingerprint density at radius 2 is 2.08 bits per heavy atom. The zero-order valence-electron chi connectivity index (χ0n) is 7.84. The monoisotopic (exact) mass is 244 g/mol. The number of halogens is 1. The molecule has 0 amide bonds. The minimum Gasteiger partial charge on any atom is -0.493 e. The van der Waals surface area contributed by atoms with Crippen molar-refractivity contribution in [2.24, 2.45) is 0 Å². The fraction of sp³-hybridized carbons (Fsp3) is 0.400. The van der Waals surface area contributed by atoms with Gasteiger partial charge in [0.05, 0.1) is 13.7 Å². The normalized spacial score (nSPS) is 9.77. The molecule has 0 unspecified atom stereocenters. The molecule has 0 saturated carbocycles. The Kier molecular flexibility index (Phi) is 4.09. The zero-order chi connectivity index (χ0) is 9.68. The maximum Gasteiger partial charge on any atom is 0.161 e. The number of ether oxygens (including phenoxy) is 2. The molecule has 13 heavy (non-hydrogen) atoms. The highest BCUT2D eigenvalue weighted by Gasteiger charge is 2.03. The Labute approximate surface area is 87.0 Å². The molecule has 2 nitrogen and oxygen atoms in total. The van der Waals surface area contributed by atoms with Crippen molar-refractivity contribution in [1.82, 2.24) is 0 Å². The van der Waals surface area contributed by atoms with Crippen LogP contribution in [-0.4, -0.2) is 13.7 Å². The average Bonchev–Trinajstić information content (AvgIpc) is 2.19. The molecule has 0 atom stereocenters. The van der Waals surface area contributed by atoms with Crippen LogP contribution in [0.15, 0.2) is 18.2 Å². The Balaban J connectivity index is 2.93. The predicted octanol–water partition coefficient (Wildman–Crippen LogP) is 2.99. The van der Waals surface area contributed by atoms with Crippen molar-refractivity contribution in [1.29, 1.82) is 0 Å². The third-order valence-electron chi connectivity index (χ3n) is 1.68. The summed E-state index contributed by atoms with van der Waals surface area (Å²) in [6, 6.07) is 5.92. The molecule has 0 fully saturated rings. The van der Waals surface area contributed by atoms with Crippen molar-refractivity contribution >= 4 is 15.9 Å². The molecular weight excluding hydrogens is 232 g/mol. The topological polar surface area (TPSA) is 18.5 Å². The van der Waals surface area contributed by atoms with Gasteiger partial charge in [-0.15, -0.1) is 0 Å². The van der Waals surface area contributed by atoms with Crippen LogP contribution in [0.5, 0.6) is 11.5 Å². The van der Waals surface area contributed by atoms with Gasteiger partial charge in [0, 0.05) is 5.33 Å². The van der Waals surface area contributed by atoms with E-state index in [0.29, 0.717) is 6.61 Å². The molecule has 0 saturated heterocycles. The summed E-state index contributed by atoms with van der Waals surface area (Å²) in [5.41, 5.74) is 1.18. The largest absolute Gasteiger partial charge is 0.493 e. The van der Waals surface area contributed by atoms with Gasteiger partial charge in [-0.3, -0.25) is 0 Å². The van der Waals surface area contributed by atoms with Crippen LogP contribution in [0.4, 0.5) is 0 Å². The van der Waals surface area contributed by atoms with Gasteiger partial charge in [-0.25, -0.2) is 0 Å². The van der Waals surface area contributed by atoms with Gasteiger partial charge in [0.25, 0.3) is 0 Å². The summed E-state index contributed by atoms with van der Waals surface area (Å²) in [6.07, 6.45) is 0. The fourth-order valence-electron chi connectivity index (χ4n) is 1.07.